The van der Waals surface area contributed by atoms with Crippen LogP contribution in [0, 0.1) is 5.92 Å². The summed E-state index contributed by atoms with van der Waals surface area (Å²) in [6.07, 6.45) is 2.51. The molecule has 0 unspecified atom stereocenters. The molecular weight excluding hydrogens is 370 g/mol. The van der Waals surface area contributed by atoms with Gasteiger partial charge in [-0.15, -0.1) is 21.5 Å². The lowest BCUT2D eigenvalue weighted by Gasteiger charge is -2.32. The quantitative estimate of drug-likeness (QED) is 0.653. The van der Waals surface area contributed by atoms with E-state index in [9.17, 15) is 4.79 Å². The molecule has 0 saturated carbocycles. The molecule has 1 aromatic carbocycles. The minimum atomic E-state index is -0.173. The molecule has 7 heteroatoms. The molecule has 6 nitrogen and oxygen atoms in total. The van der Waals surface area contributed by atoms with Gasteiger partial charge in [-0.1, -0.05) is 13.0 Å². The molecule has 144 valence electrons. The van der Waals surface area contributed by atoms with Gasteiger partial charge in [-0.2, -0.15) is 0 Å². The average Bonchev–Trinajstić information content (AvgIpc) is 3.26. The number of amides is 1. The van der Waals surface area contributed by atoms with Crippen molar-refractivity contribution in [2.45, 2.75) is 19.8 Å². The molecule has 1 saturated heterocycles. The minimum absolute atomic E-state index is 0.173. The summed E-state index contributed by atoms with van der Waals surface area (Å²) in [6, 6.07) is 15.6. The molecule has 2 aromatic heterocycles. The molecule has 2 N–H and O–H groups in total. The van der Waals surface area contributed by atoms with E-state index in [2.05, 4.69) is 56.9 Å². The van der Waals surface area contributed by atoms with Gasteiger partial charge in [0.2, 0.25) is 0 Å². The Balaban J connectivity index is 1.34. The molecule has 0 bridgehead atoms. The highest BCUT2D eigenvalue weighted by atomic mass is 32.1. The molecule has 1 fully saturated rings. The summed E-state index contributed by atoms with van der Waals surface area (Å²) in [7, 11) is 0. The number of hydrogen-bond donors (Lipinski definition) is 2. The van der Waals surface area contributed by atoms with Gasteiger partial charge in [-0.3, -0.25) is 4.79 Å². The van der Waals surface area contributed by atoms with Gasteiger partial charge in [0, 0.05) is 24.5 Å². The molecule has 28 heavy (non-hydrogen) atoms. The van der Waals surface area contributed by atoms with Crippen LogP contribution in [0.25, 0.3) is 0 Å². The maximum absolute atomic E-state index is 12.0. The van der Waals surface area contributed by atoms with Crippen molar-refractivity contribution in [2.24, 2.45) is 5.92 Å². The summed E-state index contributed by atoms with van der Waals surface area (Å²) in [5, 5.41) is 16.1. The van der Waals surface area contributed by atoms with Crippen molar-refractivity contribution in [3.8, 4) is 0 Å². The number of anilines is 4. The van der Waals surface area contributed by atoms with Gasteiger partial charge in [0.15, 0.2) is 11.6 Å². The third-order valence-corrected chi connectivity index (χ3v) is 5.81. The highest BCUT2D eigenvalue weighted by Crippen LogP contribution is 2.25. The number of rotatable bonds is 5. The molecule has 0 radical (unpaired) electrons. The normalized spacial score (nSPS) is 14.7. The standard InChI is InChI=1S/C21H23N5OS/c1-15-10-12-26(13-11-15)17-6-4-16(5-7-17)22-19-8-9-20(25-24-19)23-21(27)18-3-2-14-28-18/h2-9,14-15H,10-13H2,1H3,(H,22,24)(H,23,25,27). The first-order chi connectivity index (χ1) is 13.7. The molecule has 0 aliphatic carbocycles. The van der Waals surface area contributed by atoms with Crippen LogP contribution in [0.4, 0.5) is 23.0 Å². The second-order valence-corrected chi connectivity index (χ2v) is 8.02. The predicted molar refractivity (Wildman–Crippen MR) is 115 cm³/mol. The lowest BCUT2D eigenvalue weighted by atomic mass is 9.99. The van der Waals surface area contributed by atoms with Gasteiger partial charge in [-0.25, -0.2) is 0 Å². The van der Waals surface area contributed by atoms with Crippen molar-refractivity contribution in [3.63, 3.8) is 0 Å². The molecule has 0 spiro atoms. The Bertz CT molecular complexity index is 901. The number of nitrogens with one attached hydrogen (secondary N) is 2. The van der Waals surface area contributed by atoms with E-state index in [0.717, 1.165) is 24.7 Å². The molecule has 1 aliphatic rings. The molecule has 3 aromatic rings. The number of thiophene rings is 1. The van der Waals surface area contributed by atoms with Crippen LogP contribution < -0.4 is 15.5 Å². The van der Waals surface area contributed by atoms with Crippen LogP contribution in [0.5, 0.6) is 0 Å². The maximum atomic E-state index is 12.0. The van der Waals surface area contributed by atoms with Crippen molar-refractivity contribution >= 4 is 40.3 Å². The SMILES string of the molecule is CC1CCN(c2ccc(Nc3ccc(NC(=O)c4cccs4)nn3)cc2)CC1. The molecule has 1 aliphatic heterocycles. The second-order valence-electron chi connectivity index (χ2n) is 7.08. The van der Waals surface area contributed by atoms with Crippen molar-refractivity contribution < 1.29 is 4.79 Å². The predicted octanol–water partition coefficient (Wildman–Crippen LogP) is 4.77. The Morgan fingerprint density at radius 2 is 1.75 bits per heavy atom. The van der Waals surface area contributed by atoms with Crippen molar-refractivity contribution in [1.82, 2.24) is 10.2 Å². The Labute approximate surface area is 168 Å². The summed E-state index contributed by atoms with van der Waals surface area (Å²) in [5.41, 5.74) is 2.22. The number of benzene rings is 1. The number of carbonyl (C=O) groups excluding carboxylic acids is 1. The van der Waals surface area contributed by atoms with Crippen LogP contribution in [0.2, 0.25) is 0 Å². The number of carbonyl (C=O) groups is 1. The van der Waals surface area contributed by atoms with E-state index in [1.54, 1.807) is 18.2 Å². The van der Waals surface area contributed by atoms with Gasteiger partial charge in [0.05, 0.1) is 4.88 Å². The first-order valence-electron chi connectivity index (χ1n) is 9.48. The number of nitrogens with zero attached hydrogens (tertiary/aromatic N) is 3. The lowest BCUT2D eigenvalue weighted by Crippen LogP contribution is -2.32. The van der Waals surface area contributed by atoms with Crippen LogP contribution in [0.3, 0.4) is 0 Å². The van der Waals surface area contributed by atoms with E-state index in [1.807, 2.05) is 11.4 Å². The lowest BCUT2D eigenvalue weighted by molar-refractivity contribution is 0.103. The fourth-order valence-electron chi connectivity index (χ4n) is 3.22. The van der Waals surface area contributed by atoms with E-state index < -0.39 is 0 Å². The van der Waals surface area contributed by atoms with E-state index in [-0.39, 0.29) is 5.91 Å². The smallest absolute Gasteiger partial charge is 0.266 e. The topological polar surface area (TPSA) is 70.2 Å². The van der Waals surface area contributed by atoms with Crippen LogP contribution in [-0.4, -0.2) is 29.2 Å². The maximum Gasteiger partial charge on any atom is 0.266 e. The summed E-state index contributed by atoms with van der Waals surface area (Å²) in [5.74, 6) is 1.72. The molecular formula is C21H23N5OS. The zero-order valence-electron chi connectivity index (χ0n) is 15.8. The molecule has 3 heterocycles. The first-order valence-corrected chi connectivity index (χ1v) is 10.4. The number of piperidine rings is 1. The Hall–Kier alpha value is -2.93. The molecule has 0 atom stereocenters. The summed E-state index contributed by atoms with van der Waals surface area (Å²) >= 11 is 1.39. The van der Waals surface area contributed by atoms with Crippen LogP contribution in [0.1, 0.15) is 29.4 Å². The third kappa shape index (κ3) is 4.48. The van der Waals surface area contributed by atoms with Crippen molar-refractivity contribution in [2.75, 3.05) is 28.6 Å². The Morgan fingerprint density at radius 3 is 2.39 bits per heavy atom. The summed E-state index contributed by atoms with van der Waals surface area (Å²) < 4.78 is 0. The third-order valence-electron chi connectivity index (χ3n) is 4.94. The minimum Gasteiger partial charge on any atom is -0.372 e. The number of aromatic nitrogens is 2. The zero-order chi connectivity index (χ0) is 19.3. The summed E-state index contributed by atoms with van der Waals surface area (Å²) in [6.45, 7) is 4.57. The fraction of sp³-hybridized carbons (Fsp3) is 0.286. The van der Waals surface area contributed by atoms with Crippen LogP contribution in [0.15, 0.2) is 53.9 Å². The number of hydrogen-bond acceptors (Lipinski definition) is 6. The Morgan fingerprint density at radius 1 is 1.04 bits per heavy atom. The van der Waals surface area contributed by atoms with Crippen molar-refractivity contribution in [1.29, 1.82) is 0 Å². The molecule has 4 rings (SSSR count). The largest absolute Gasteiger partial charge is 0.372 e. The highest BCUT2D eigenvalue weighted by molar-refractivity contribution is 7.12. The Kier molecular flexibility index (Phi) is 5.53. The van der Waals surface area contributed by atoms with E-state index in [1.165, 1.54) is 29.9 Å². The van der Waals surface area contributed by atoms with E-state index >= 15 is 0 Å². The fourth-order valence-corrected chi connectivity index (χ4v) is 3.84. The van der Waals surface area contributed by atoms with Crippen LogP contribution in [-0.2, 0) is 0 Å². The summed E-state index contributed by atoms with van der Waals surface area (Å²) in [4.78, 5) is 15.1. The van der Waals surface area contributed by atoms with Crippen LogP contribution >= 0.6 is 11.3 Å². The van der Waals surface area contributed by atoms with Gasteiger partial charge in [-0.05, 0) is 66.6 Å². The zero-order valence-corrected chi connectivity index (χ0v) is 16.6. The van der Waals surface area contributed by atoms with Gasteiger partial charge in [0.1, 0.15) is 0 Å². The van der Waals surface area contributed by atoms with Gasteiger partial charge < -0.3 is 15.5 Å². The van der Waals surface area contributed by atoms with E-state index in [0.29, 0.717) is 16.5 Å². The highest BCUT2D eigenvalue weighted by Gasteiger charge is 2.15. The van der Waals surface area contributed by atoms with E-state index in [4.69, 9.17) is 0 Å². The first kappa shape index (κ1) is 18.4. The van der Waals surface area contributed by atoms with Gasteiger partial charge >= 0.3 is 0 Å². The monoisotopic (exact) mass is 393 g/mol. The average molecular weight is 394 g/mol. The van der Waals surface area contributed by atoms with Gasteiger partial charge in [0.25, 0.3) is 5.91 Å². The molecule has 1 amide bonds. The van der Waals surface area contributed by atoms with Crippen molar-refractivity contribution in [3.05, 3.63) is 58.8 Å². The second kappa shape index (κ2) is 8.39.